The number of carbonyl (C=O) groups excluding carboxylic acids is 1. The largest absolute Gasteiger partial charge is 0.395 e. The lowest BCUT2D eigenvalue weighted by Crippen LogP contribution is -2.27. The van der Waals surface area contributed by atoms with Crippen molar-refractivity contribution in [1.29, 1.82) is 0 Å². The summed E-state index contributed by atoms with van der Waals surface area (Å²) in [5.74, 6) is -0.0631. The molecule has 0 atom stereocenters. The van der Waals surface area contributed by atoms with Crippen LogP contribution >= 0.6 is 11.8 Å². The number of amides is 1. The summed E-state index contributed by atoms with van der Waals surface area (Å²) in [6.45, 7) is -0.0538. The lowest BCUT2D eigenvalue weighted by atomic mass is 10.1. The Morgan fingerprint density at radius 3 is 2.50 bits per heavy atom. The molecule has 1 aliphatic rings. The third-order valence-corrected chi connectivity index (χ3v) is 3.73. The number of rotatable bonds is 4. The second-order valence-electron chi connectivity index (χ2n) is 4.12. The molecule has 0 spiro atoms. The molecule has 1 saturated carbocycles. The highest BCUT2D eigenvalue weighted by Crippen LogP contribution is 2.45. The van der Waals surface area contributed by atoms with Crippen molar-refractivity contribution in [3.05, 3.63) is 24.3 Å². The van der Waals surface area contributed by atoms with E-state index in [-0.39, 0.29) is 12.5 Å². The molecule has 1 aromatic carbocycles. The minimum absolute atomic E-state index is 0.0538. The van der Waals surface area contributed by atoms with Gasteiger partial charge >= 0.3 is 0 Å². The van der Waals surface area contributed by atoms with Crippen LogP contribution in [0.15, 0.2) is 29.2 Å². The SMILES string of the molecule is CSc1ccc(NC(=O)C2(CO)CC2)cc1. The Bertz CT molecular complexity index is 385. The summed E-state index contributed by atoms with van der Waals surface area (Å²) >= 11 is 1.67. The average molecular weight is 237 g/mol. The summed E-state index contributed by atoms with van der Waals surface area (Å²) < 4.78 is 0. The molecular weight excluding hydrogens is 222 g/mol. The Kier molecular flexibility index (Phi) is 3.21. The van der Waals surface area contributed by atoms with Crippen LogP contribution in [-0.4, -0.2) is 23.9 Å². The molecule has 1 aromatic rings. The van der Waals surface area contributed by atoms with Crippen LogP contribution in [0.2, 0.25) is 0 Å². The zero-order valence-corrected chi connectivity index (χ0v) is 10.0. The van der Waals surface area contributed by atoms with Crippen LogP contribution in [0.1, 0.15) is 12.8 Å². The average Bonchev–Trinajstić information content (AvgIpc) is 3.11. The number of thioether (sulfide) groups is 1. The normalized spacial score (nSPS) is 16.9. The molecule has 0 saturated heterocycles. The van der Waals surface area contributed by atoms with E-state index in [9.17, 15) is 4.79 Å². The third kappa shape index (κ3) is 2.23. The summed E-state index contributed by atoms with van der Waals surface area (Å²) in [5, 5.41) is 12.0. The predicted octanol–water partition coefficient (Wildman–Crippen LogP) is 2.12. The molecule has 2 rings (SSSR count). The van der Waals surface area contributed by atoms with Crippen molar-refractivity contribution in [1.82, 2.24) is 0 Å². The van der Waals surface area contributed by atoms with Gasteiger partial charge in [-0.25, -0.2) is 0 Å². The van der Waals surface area contributed by atoms with Crippen LogP contribution in [0.5, 0.6) is 0 Å². The summed E-state index contributed by atoms with van der Waals surface area (Å²) in [6, 6.07) is 7.71. The molecule has 0 bridgehead atoms. The van der Waals surface area contributed by atoms with E-state index in [0.717, 1.165) is 18.5 Å². The van der Waals surface area contributed by atoms with Gasteiger partial charge in [-0.2, -0.15) is 0 Å². The Labute approximate surface area is 99.2 Å². The van der Waals surface area contributed by atoms with Gasteiger partial charge in [0, 0.05) is 10.6 Å². The van der Waals surface area contributed by atoms with Crippen molar-refractivity contribution in [2.45, 2.75) is 17.7 Å². The van der Waals surface area contributed by atoms with Gasteiger partial charge in [0.25, 0.3) is 0 Å². The minimum Gasteiger partial charge on any atom is -0.395 e. The number of anilines is 1. The first-order valence-electron chi connectivity index (χ1n) is 5.26. The number of hydrogen-bond acceptors (Lipinski definition) is 3. The van der Waals surface area contributed by atoms with Gasteiger partial charge in [0.1, 0.15) is 0 Å². The van der Waals surface area contributed by atoms with E-state index in [4.69, 9.17) is 5.11 Å². The molecule has 0 radical (unpaired) electrons. The first-order chi connectivity index (χ1) is 7.70. The number of nitrogens with one attached hydrogen (secondary N) is 1. The van der Waals surface area contributed by atoms with E-state index in [1.54, 1.807) is 11.8 Å². The minimum atomic E-state index is -0.502. The van der Waals surface area contributed by atoms with Crippen LogP contribution < -0.4 is 5.32 Å². The lowest BCUT2D eigenvalue weighted by molar-refractivity contribution is -0.122. The van der Waals surface area contributed by atoms with Gasteiger partial charge in [-0.15, -0.1) is 11.8 Å². The molecule has 0 aromatic heterocycles. The highest BCUT2D eigenvalue weighted by molar-refractivity contribution is 7.98. The van der Waals surface area contributed by atoms with Gasteiger partial charge in [0.05, 0.1) is 12.0 Å². The summed E-state index contributed by atoms with van der Waals surface area (Å²) in [6.07, 6.45) is 3.59. The highest BCUT2D eigenvalue weighted by atomic mass is 32.2. The molecule has 3 nitrogen and oxygen atoms in total. The monoisotopic (exact) mass is 237 g/mol. The maximum Gasteiger partial charge on any atom is 0.232 e. The van der Waals surface area contributed by atoms with Gasteiger partial charge in [-0.3, -0.25) is 4.79 Å². The highest BCUT2D eigenvalue weighted by Gasteiger charge is 2.49. The van der Waals surface area contributed by atoms with E-state index < -0.39 is 5.41 Å². The molecule has 1 aliphatic carbocycles. The Balaban J connectivity index is 2.01. The molecular formula is C12H15NO2S. The molecule has 86 valence electrons. The molecule has 0 aliphatic heterocycles. The number of benzene rings is 1. The summed E-state index contributed by atoms with van der Waals surface area (Å²) in [7, 11) is 0. The number of hydrogen-bond donors (Lipinski definition) is 2. The van der Waals surface area contributed by atoms with Crippen molar-refractivity contribution in [3.8, 4) is 0 Å². The van der Waals surface area contributed by atoms with E-state index in [0.29, 0.717) is 0 Å². The van der Waals surface area contributed by atoms with Gasteiger partial charge in [0.15, 0.2) is 0 Å². The fourth-order valence-electron chi connectivity index (χ4n) is 1.55. The molecule has 4 heteroatoms. The first kappa shape index (κ1) is 11.5. The van der Waals surface area contributed by atoms with Crippen LogP contribution in [0, 0.1) is 5.41 Å². The van der Waals surface area contributed by atoms with Crippen molar-refractivity contribution < 1.29 is 9.90 Å². The van der Waals surface area contributed by atoms with Crippen LogP contribution in [0.4, 0.5) is 5.69 Å². The smallest absolute Gasteiger partial charge is 0.232 e. The van der Waals surface area contributed by atoms with E-state index in [1.807, 2.05) is 30.5 Å². The second-order valence-corrected chi connectivity index (χ2v) is 5.00. The van der Waals surface area contributed by atoms with Crippen molar-refractivity contribution in [2.75, 3.05) is 18.2 Å². The zero-order chi connectivity index (χ0) is 11.6. The molecule has 1 amide bonds. The molecule has 2 N–H and O–H groups in total. The Hall–Kier alpha value is -1.00. The predicted molar refractivity (Wildman–Crippen MR) is 65.6 cm³/mol. The fraction of sp³-hybridized carbons (Fsp3) is 0.417. The fourth-order valence-corrected chi connectivity index (χ4v) is 1.95. The zero-order valence-electron chi connectivity index (χ0n) is 9.19. The van der Waals surface area contributed by atoms with Crippen LogP contribution in [-0.2, 0) is 4.79 Å². The molecule has 0 unspecified atom stereocenters. The molecule has 16 heavy (non-hydrogen) atoms. The summed E-state index contributed by atoms with van der Waals surface area (Å²) in [5.41, 5.74) is 0.292. The number of aliphatic hydroxyl groups excluding tert-OH is 1. The maximum absolute atomic E-state index is 11.8. The van der Waals surface area contributed by atoms with Crippen molar-refractivity contribution in [2.24, 2.45) is 5.41 Å². The van der Waals surface area contributed by atoms with Crippen molar-refractivity contribution in [3.63, 3.8) is 0 Å². The van der Waals surface area contributed by atoms with Crippen LogP contribution in [0.25, 0.3) is 0 Å². The van der Waals surface area contributed by atoms with Crippen LogP contribution in [0.3, 0.4) is 0 Å². The summed E-state index contributed by atoms with van der Waals surface area (Å²) in [4.78, 5) is 13.0. The first-order valence-corrected chi connectivity index (χ1v) is 6.49. The number of aliphatic hydroxyl groups is 1. The maximum atomic E-state index is 11.8. The van der Waals surface area contributed by atoms with Crippen molar-refractivity contribution >= 4 is 23.4 Å². The molecule has 1 fully saturated rings. The standard InChI is InChI=1S/C12H15NO2S/c1-16-10-4-2-9(3-5-10)13-11(15)12(8-14)6-7-12/h2-5,14H,6-8H2,1H3,(H,13,15). The Morgan fingerprint density at radius 1 is 1.44 bits per heavy atom. The Morgan fingerprint density at radius 2 is 2.06 bits per heavy atom. The van der Waals surface area contributed by atoms with E-state index >= 15 is 0 Å². The number of carbonyl (C=O) groups is 1. The van der Waals surface area contributed by atoms with Gasteiger partial charge < -0.3 is 10.4 Å². The van der Waals surface area contributed by atoms with E-state index in [2.05, 4.69) is 5.32 Å². The van der Waals surface area contributed by atoms with Gasteiger partial charge in [-0.05, 0) is 43.4 Å². The van der Waals surface area contributed by atoms with Gasteiger partial charge in [-0.1, -0.05) is 0 Å². The topological polar surface area (TPSA) is 49.3 Å². The second kappa shape index (κ2) is 4.47. The van der Waals surface area contributed by atoms with E-state index in [1.165, 1.54) is 4.90 Å². The van der Waals surface area contributed by atoms with Gasteiger partial charge in [0.2, 0.25) is 5.91 Å². The quantitative estimate of drug-likeness (QED) is 0.789. The lowest BCUT2D eigenvalue weighted by Gasteiger charge is -2.12. The third-order valence-electron chi connectivity index (χ3n) is 2.99. The molecule has 0 heterocycles.